The predicted molar refractivity (Wildman–Crippen MR) is 89.4 cm³/mol. The molecule has 0 saturated carbocycles. The van der Waals surface area contributed by atoms with Gasteiger partial charge >= 0.3 is 0 Å². The average Bonchev–Trinajstić information content (AvgIpc) is 2.59. The molecule has 2 heterocycles. The van der Waals surface area contributed by atoms with Gasteiger partial charge in [0.15, 0.2) is 0 Å². The lowest BCUT2D eigenvalue weighted by Gasteiger charge is -2.29. The van der Waals surface area contributed by atoms with Gasteiger partial charge in [0, 0.05) is 18.8 Å². The van der Waals surface area contributed by atoms with Gasteiger partial charge < -0.3 is 10.2 Å². The summed E-state index contributed by atoms with van der Waals surface area (Å²) in [7, 11) is 0. The summed E-state index contributed by atoms with van der Waals surface area (Å²) in [6.07, 6.45) is 5.48. The molecular weight excluding hydrogens is 274 g/mol. The first-order chi connectivity index (χ1) is 10.8. The number of anilines is 2. The molecule has 0 fully saturated rings. The minimum atomic E-state index is -0.0394. The fraction of sp³-hybridized carbons (Fsp3) is 0.222. The van der Waals surface area contributed by atoms with Crippen LogP contribution < -0.4 is 10.2 Å². The molecule has 4 nitrogen and oxygen atoms in total. The van der Waals surface area contributed by atoms with E-state index < -0.39 is 0 Å². The van der Waals surface area contributed by atoms with Crippen molar-refractivity contribution in [3.05, 3.63) is 66.5 Å². The SMILES string of the molecule is C=CCNc1ccc(C(=O)N2CCCc3ccccc32)nc1. The fourth-order valence-corrected chi connectivity index (χ4v) is 2.70. The van der Waals surface area contributed by atoms with Crippen LogP contribution in [-0.2, 0) is 6.42 Å². The molecule has 1 aliphatic rings. The Labute approximate surface area is 130 Å². The number of nitrogens with one attached hydrogen (secondary N) is 1. The maximum atomic E-state index is 12.7. The highest BCUT2D eigenvalue weighted by molar-refractivity contribution is 6.05. The Morgan fingerprint density at radius 3 is 2.95 bits per heavy atom. The van der Waals surface area contributed by atoms with Gasteiger partial charge in [-0.3, -0.25) is 4.79 Å². The van der Waals surface area contributed by atoms with Crippen LogP contribution in [0.3, 0.4) is 0 Å². The third-order valence-electron chi connectivity index (χ3n) is 3.79. The molecule has 0 radical (unpaired) electrons. The average molecular weight is 293 g/mol. The van der Waals surface area contributed by atoms with Gasteiger partial charge in [0.05, 0.1) is 11.9 Å². The molecule has 112 valence electrons. The van der Waals surface area contributed by atoms with E-state index in [1.54, 1.807) is 18.3 Å². The molecule has 0 saturated heterocycles. The highest BCUT2D eigenvalue weighted by Crippen LogP contribution is 2.27. The largest absolute Gasteiger partial charge is 0.380 e. The summed E-state index contributed by atoms with van der Waals surface area (Å²) in [6.45, 7) is 5.08. The van der Waals surface area contributed by atoms with Crippen molar-refractivity contribution >= 4 is 17.3 Å². The van der Waals surface area contributed by atoms with Crippen molar-refractivity contribution in [2.75, 3.05) is 23.3 Å². The zero-order valence-corrected chi connectivity index (χ0v) is 12.5. The minimum Gasteiger partial charge on any atom is -0.380 e. The Kier molecular flexibility index (Phi) is 4.19. The molecular formula is C18H19N3O. The zero-order chi connectivity index (χ0) is 15.4. The molecule has 1 N–H and O–H groups in total. The van der Waals surface area contributed by atoms with E-state index in [0.29, 0.717) is 12.2 Å². The maximum Gasteiger partial charge on any atom is 0.276 e. The minimum absolute atomic E-state index is 0.0394. The van der Waals surface area contributed by atoms with E-state index in [0.717, 1.165) is 30.8 Å². The molecule has 1 aromatic carbocycles. The normalized spacial score (nSPS) is 13.4. The summed E-state index contributed by atoms with van der Waals surface area (Å²) >= 11 is 0. The summed E-state index contributed by atoms with van der Waals surface area (Å²) in [4.78, 5) is 18.8. The van der Waals surface area contributed by atoms with Crippen LogP contribution in [0.15, 0.2) is 55.3 Å². The number of carbonyl (C=O) groups excluding carboxylic acids is 1. The van der Waals surface area contributed by atoms with Crippen molar-refractivity contribution in [2.45, 2.75) is 12.8 Å². The second-order valence-corrected chi connectivity index (χ2v) is 5.29. The number of hydrogen-bond acceptors (Lipinski definition) is 3. The van der Waals surface area contributed by atoms with E-state index in [2.05, 4.69) is 22.9 Å². The molecule has 1 aliphatic heterocycles. The Morgan fingerprint density at radius 2 is 2.18 bits per heavy atom. The second kappa shape index (κ2) is 6.43. The number of nitrogens with zero attached hydrogens (tertiary/aromatic N) is 2. The molecule has 0 unspecified atom stereocenters. The van der Waals surface area contributed by atoms with Crippen molar-refractivity contribution < 1.29 is 4.79 Å². The summed E-state index contributed by atoms with van der Waals surface area (Å²) in [5.74, 6) is -0.0394. The number of para-hydroxylation sites is 1. The zero-order valence-electron chi connectivity index (χ0n) is 12.5. The maximum absolute atomic E-state index is 12.7. The third kappa shape index (κ3) is 2.86. The number of benzene rings is 1. The number of amides is 1. The monoisotopic (exact) mass is 293 g/mol. The standard InChI is InChI=1S/C18H19N3O/c1-2-11-19-15-9-10-16(20-13-15)18(22)21-12-5-7-14-6-3-4-8-17(14)21/h2-4,6,8-10,13,19H,1,5,7,11-12H2. The van der Waals surface area contributed by atoms with Gasteiger partial charge in [0.25, 0.3) is 5.91 Å². The van der Waals surface area contributed by atoms with E-state index in [9.17, 15) is 4.79 Å². The number of fused-ring (bicyclic) bond motifs is 1. The molecule has 3 rings (SSSR count). The quantitative estimate of drug-likeness (QED) is 0.880. The lowest BCUT2D eigenvalue weighted by molar-refractivity contribution is 0.0980. The summed E-state index contributed by atoms with van der Waals surface area (Å²) < 4.78 is 0. The summed E-state index contributed by atoms with van der Waals surface area (Å²) in [5.41, 5.74) is 3.59. The topological polar surface area (TPSA) is 45.2 Å². The summed E-state index contributed by atoms with van der Waals surface area (Å²) in [6, 6.07) is 11.7. The van der Waals surface area contributed by atoms with Gasteiger partial charge in [-0.2, -0.15) is 0 Å². The van der Waals surface area contributed by atoms with Crippen molar-refractivity contribution in [2.24, 2.45) is 0 Å². The highest BCUT2D eigenvalue weighted by Gasteiger charge is 2.23. The molecule has 0 bridgehead atoms. The van der Waals surface area contributed by atoms with E-state index in [1.165, 1.54) is 5.56 Å². The number of aromatic nitrogens is 1. The number of aryl methyl sites for hydroxylation is 1. The number of rotatable bonds is 4. The van der Waals surface area contributed by atoms with Gasteiger partial charge in [-0.25, -0.2) is 4.98 Å². The first-order valence-corrected chi connectivity index (χ1v) is 7.50. The van der Waals surface area contributed by atoms with Crippen LogP contribution in [-0.4, -0.2) is 24.0 Å². The van der Waals surface area contributed by atoms with Gasteiger partial charge in [0.2, 0.25) is 0 Å². The fourth-order valence-electron chi connectivity index (χ4n) is 2.70. The lowest BCUT2D eigenvalue weighted by Crippen LogP contribution is -2.35. The third-order valence-corrected chi connectivity index (χ3v) is 3.79. The summed E-state index contributed by atoms with van der Waals surface area (Å²) in [5, 5.41) is 3.15. The Bertz CT molecular complexity index is 679. The van der Waals surface area contributed by atoms with Crippen molar-refractivity contribution in [1.29, 1.82) is 0 Å². The van der Waals surface area contributed by atoms with E-state index in [4.69, 9.17) is 0 Å². The van der Waals surface area contributed by atoms with Crippen LogP contribution in [0.25, 0.3) is 0 Å². The van der Waals surface area contributed by atoms with Crippen LogP contribution in [0.2, 0.25) is 0 Å². The van der Waals surface area contributed by atoms with Crippen LogP contribution in [0.1, 0.15) is 22.5 Å². The molecule has 1 aromatic heterocycles. The smallest absolute Gasteiger partial charge is 0.276 e. The number of carbonyl (C=O) groups is 1. The van der Waals surface area contributed by atoms with E-state index >= 15 is 0 Å². The molecule has 0 atom stereocenters. The van der Waals surface area contributed by atoms with Crippen LogP contribution in [0.5, 0.6) is 0 Å². The van der Waals surface area contributed by atoms with E-state index in [-0.39, 0.29) is 5.91 Å². The van der Waals surface area contributed by atoms with Crippen LogP contribution >= 0.6 is 0 Å². The predicted octanol–water partition coefficient (Wildman–Crippen LogP) is 3.27. The van der Waals surface area contributed by atoms with Gasteiger partial charge in [-0.05, 0) is 36.6 Å². The molecule has 0 aliphatic carbocycles. The molecule has 0 spiro atoms. The van der Waals surface area contributed by atoms with Gasteiger partial charge in [0.1, 0.15) is 5.69 Å². The molecule has 1 amide bonds. The van der Waals surface area contributed by atoms with Gasteiger partial charge in [-0.1, -0.05) is 24.3 Å². The molecule has 4 heteroatoms. The lowest BCUT2D eigenvalue weighted by atomic mass is 10.0. The highest BCUT2D eigenvalue weighted by atomic mass is 16.2. The number of hydrogen-bond donors (Lipinski definition) is 1. The second-order valence-electron chi connectivity index (χ2n) is 5.29. The number of pyridine rings is 1. The Balaban J connectivity index is 1.81. The van der Waals surface area contributed by atoms with Crippen LogP contribution in [0.4, 0.5) is 11.4 Å². The Hall–Kier alpha value is -2.62. The first-order valence-electron chi connectivity index (χ1n) is 7.50. The van der Waals surface area contributed by atoms with Crippen molar-refractivity contribution in [3.8, 4) is 0 Å². The first kappa shape index (κ1) is 14.3. The Morgan fingerprint density at radius 1 is 1.32 bits per heavy atom. The van der Waals surface area contributed by atoms with Crippen molar-refractivity contribution in [1.82, 2.24) is 4.98 Å². The molecule has 2 aromatic rings. The van der Waals surface area contributed by atoms with E-state index in [1.807, 2.05) is 29.2 Å². The molecule has 22 heavy (non-hydrogen) atoms. The van der Waals surface area contributed by atoms with Crippen molar-refractivity contribution in [3.63, 3.8) is 0 Å². The van der Waals surface area contributed by atoms with Gasteiger partial charge in [-0.15, -0.1) is 6.58 Å². The van der Waals surface area contributed by atoms with Crippen LogP contribution in [0, 0.1) is 0 Å².